The van der Waals surface area contributed by atoms with E-state index in [0.29, 0.717) is 46.7 Å². The molecule has 5 rings (SSSR count). The monoisotopic (exact) mass is 437 g/mol. The number of Topliss-reactive ketones (excluding diaryl/α,β-unsaturated/α-hetero) is 1. The molecule has 1 saturated heterocycles. The summed E-state index contributed by atoms with van der Waals surface area (Å²) in [6.45, 7) is 0.814. The zero-order chi connectivity index (χ0) is 21.5. The average molecular weight is 438 g/mol. The van der Waals surface area contributed by atoms with Gasteiger partial charge in [-0.05, 0) is 36.4 Å². The Morgan fingerprint density at radius 3 is 2.55 bits per heavy atom. The van der Waals surface area contributed by atoms with Crippen LogP contribution in [0.15, 0.2) is 70.9 Å². The molecule has 1 N–H and O–H groups in total. The molecule has 0 aliphatic carbocycles. The Morgan fingerprint density at radius 2 is 1.81 bits per heavy atom. The minimum atomic E-state index is -0.962. The summed E-state index contributed by atoms with van der Waals surface area (Å²) in [5.41, 5.74) is 0.652. The van der Waals surface area contributed by atoms with Crippen molar-refractivity contribution in [2.24, 2.45) is 0 Å². The maximum atomic E-state index is 13.1. The molecule has 7 nitrogen and oxygen atoms in total. The maximum absolute atomic E-state index is 13.1. The molecule has 0 bridgehead atoms. The fourth-order valence-corrected chi connectivity index (χ4v) is 3.98. The van der Waals surface area contributed by atoms with Gasteiger partial charge in [0.15, 0.2) is 11.5 Å². The fourth-order valence-electron chi connectivity index (χ4n) is 3.79. The molecule has 31 heavy (non-hydrogen) atoms. The molecule has 156 valence electrons. The lowest BCUT2D eigenvalue weighted by atomic mass is 9.99. The molecular weight excluding hydrogens is 422 g/mol. The van der Waals surface area contributed by atoms with Crippen molar-refractivity contribution in [1.29, 1.82) is 0 Å². The highest BCUT2D eigenvalue weighted by molar-refractivity contribution is 6.51. The fraction of sp³-hybridized carbons (Fsp3) is 0.130. The van der Waals surface area contributed by atoms with Crippen molar-refractivity contribution in [3.05, 3.63) is 82.8 Å². The zero-order valence-electron chi connectivity index (χ0n) is 16.1. The van der Waals surface area contributed by atoms with Crippen LogP contribution in [0.5, 0.6) is 11.5 Å². The van der Waals surface area contributed by atoms with Crippen LogP contribution in [0, 0.1) is 0 Å². The van der Waals surface area contributed by atoms with E-state index < -0.39 is 17.7 Å². The predicted octanol–water partition coefficient (Wildman–Crippen LogP) is 4.33. The van der Waals surface area contributed by atoms with Crippen molar-refractivity contribution in [3.8, 4) is 11.5 Å². The van der Waals surface area contributed by atoms with Crippen molar-refractivity contribution < 1.29 is 28.6 Å². The number of furan rings is 1. The van der Waals surface area contributed by atoms with Crippen molar-refractivity contribution in [3.63, 3.8) is 0 Å². The molecule has 3 heterocycles. The number of rotatable bonds is 3. The first-order chi connectivity index (χ1) is 15.0. The van der Waals surface area contributed by atoms with E-state index in [1.54, 1.807) is 48.5 Å². The summed E-state index contributed by atoms with van der Waals surface area (Å²) < 4.78 is 16.7. The van der Waals surface area contributed by atoms with E-state index in [-0.39, 0.29) is 11.3 Å². The first kappa shape index (κ1) is 19.3. The topological polar surface area (TPSA) is 89.2 Å². The first-order valence-corrected chi connectivity index (χ1v) is 9.92. The van der Waals surface area contributed by atoms with Gasteiger partial charge in [0.2, 0.25) is 0 Å². The highest BCUT2D eigenvalue weighted by Gasteiger charge is 2.48. The van der Waals surface area contributed by atoms with Crippen LogP contribution in [0.4, 0.5) is 5.69 Å². The van der Waals surface area contributed by atoms with Gasteiger partial charge >= 0.3 is 0 Å². The van der Waals surface area contributed by atoms with Crippen LogP contribution in [0.25, 0.3) is 5.76 Å². The van der Waals surface area contributed by atoms with Crippen LogP contribution < -0.4 is 14.4 Å². The Kier molecular flexibility index (Phi) is 4.67. The second-order valence-corrected chi connectivity index (χ2v) is 7.46. The van der Waals surface area contributed by atoms with Gasteiger partial charge in [0, 0.05) is 22.3 Å². The minimum absolute atomic E-state index is 0.0860. The standard InChI is InChI=1S/C23H16ClNO6/c24-14-4-1-3-13(11-14)21(26)19-20(17-5-2-8-29-17)25(23(28)22(19)27)15-6-7-16-18(12-15)31-10-9-30-16/h1-8,11-12,20,26H,9-10H2/b21-19-. The van der Waals surface area contributed by atoms with Gasteiger partial charge in [-0.2, -0.15) is 0 Å². The summed E-state index contributed by atoms with van der Waals surface area (Å²) in [5, 5.41) is 11.4. The summed E-state index contributed by atoms with van der Waals surface area (Å²) in [4.78, 5) is 27.4. The third-order valence-corrected chi connectivity index (χ3v) is 5.39. The van der Waals surface area contributed by atoms with E-state index >= 15 is 0 Å². The number of hydrogen-bond acceptors (Lipinski definition) is 6. The molecule has 2 aliphatic heterocycles. The lowest BCUT2D eigenvalue weighted by Crippen LogP contribution is -2.29. The average Bonchev–Trinajstić information content (AvgIpc) is 3.40. The van der Waals surface area contributed by atoms with Gasteiger partial charge in [0.25, 0.3) is 11.7 Å². The van der Waals surface area contributed by atoms with Crippen LogP contribution in [0.3, 0.4) is 0 Å². The van der Waals surface area contributed by atoms with Gasteiger partial charge in [-0.25, -0.2) is 0 Å². The number of hydrogen-bond donors (Lipinski definition) is 1. The molecular formula is C23H16ClNO6. The number of aliphatic hydroxyl groups is 1. The van der Waals surface area contributed by atoms with Crippen molar-refractivity contribution in [2.45, 2.75) is 6.04 Å². The Labute approximate surface area is 182 Å². The predicted molar refractivity (Wildman–Crippen MR) is 112 cm³/mol. The molecule has 2 aliphatic rings. The molecule has 0 radical (unpaired) electrons. The first-order valence-electron chi connectivity index (χ1n) is 9.54. The molecule has 1 aromatic heterocycles. The van der Waals surface area contributed by atoms with E-state index in [2.05, 4.69) is 0 Å². The minimum Gasteiger partial charge on any atom is -0.507 e. The van der Waals surface area contributed by atoms with E-state index in [0.717, 1.165) is 0 Å². The largest absolute Gasteiger partial charge is 0.507 e. The second-order valence-electron chi connectivity index (χ2n) is 7.02. The van der Waals surface area contributed by atoms with Gasteiger partial charge in [0.1, 0.15) is 30.8 Å². The number of anilines is 1. The molecule has 0 spiro atoms. The van der Waals surface area contributed by atoms with E-state index in [1.165, 1.54) is 17.2 Å². The smallest absolute Gasteiger partial charge is 0.300 e. The maximum Gasteiger partial charge on any atom is 0.300 e. The number of fused-ring (bicyclic) bond motifs is 1. The van der Waals surface area contributed by atoms with Crippen LogP contribution in [-0.2, 0) is 9.59 Å². The van der Waals surface area contributed by atoms with E-state index in [4.69, 9.17) is 25.5 Å². The van der Waals surface area contributed by atoms with Gasteiger partial charge in [0.05, 0.1) is 11.8 Å². The number of nitrogens with zero attached hydrogens (tertiary/aromatic N) is 1. The molecule has 3 aromatic rings. The number of amides is 1. The number of ether oxygens (including phenoxy) is 2. The number of halogens is 1. The molecule has 1 fully saturated rings. The molecule has 1 unspecified atom stereocenters. The molecule has 8 heteroatoms. The SMILES string of the molecule is O=C1C(=O)N(c2ccc3c(c2)OCCO3)C(c2ccco2)/C1=C(/O)c1cccc(Cl)c1. The Morgan fingerprint density at radius 1 is 1.00 bits per heavy atom. The van der Waals surface area contributed by atoms with Gasteiger partial charge in [-0.15, -0.1) is 0 Å². The number of benzene rings is 2. The Hall–Kier alpha value is -3.71. The molecule has 1 amide bonds. The number of carbonyl (C=O) groups excluding carboxylic acids is 2. The third kappa shape index (κ3) is 3.23. The Balaban J connectivity index is 1.68. The summed E-state index contributed by atoms with van der Waals surface area (Å²) >= 11 is 6.05. The number of aliphatic hydroxyl groups excluding tert-OH is 1. The van der Waals surface area contributed by atoms with Gasteiger partial charge in [-0.3, -0.25) is 14.5 Å². The Bertz CT molecular complexity index is 1220. The quantitative estimate of drug-likeness (QED) is 0.372. The van der Waals surface area contributed by atoms with Crippen LogP contribution >= 0.6 is 11.6 Å². The zero-order valence-corrected chi connectivity index (χ0v) is 16.8. The number of carbonyl (C=O) groups is 2. The van der Waals surface area contributed by atoms with Crippen LogP contribution in [-0.4, -0.2) is 30.0 Å². The highest BCUT2D eigenvalue weighted by atomic mass is 35.5. The van der Waals surface area contributed by atoms with Crippen LogP contribution in [0.1, 0.15) is 17.4 Å². The molecule has 1 atom stereocenters. The second kappa shape index (κ2) is 7.52. The molecule has 0 saturated carbocycles. The van der Waals surface area contributed by atoms with Gasteiger partial charge in [-0.1, -0.05) is 23.7 Å². The molecule has 2 aromatic carbocycles. The lowest BCUT2D eigenvalue weighted by molar-refractivity contribution is -0.132. The summed E-state index contributed by atoms with van der Waals surface area (Å²) in [6, 6.07) is 13.7. The van der Waals surface area contributed by atoms with Gasteiger partial charge < -0.3 is 19.0 Å². The highest BCUT2D eigenvalue weighted by Crippen LogP contribution is 2.44. The van der Waals surface area contributed by atoms with Crippen LogP contribution in [0.2, 0.25) is 5.02 Å². The summed E-state index contributed by atoms with van der Waals surface area (Å²) in [6.07, 6.45) is 1.44. The number of ketones is 1. The summed E-state index contributed by atoms with van der Waals surface area (Å²) in [7, 11) is 0. The van der Waals surface area contributed by atoms with E-state index in [9.17, 15) is 14.7 Å². The third-order valence-electron chi connectivity index (χ3n) is 5.16. The van der Waals surface area contributed by atoms with E-state index in [1.807, 2.05) is 0 Å². The normalized spacial score (nSPS) is 19.6. The van der Waals surface area contributed by atoms with Crippen molar-refractivity contribution >= 4 is 34.7 Å². The van der Waals surface area contributed by atoms with Crippen molar-refractivity contribution in [2.75, 3.05) is 18.1 Å². The lowest BCUT2D eigenvalue weighted by Gasteiger charge is -2.25. The van der Waals surface area contributed by atoms with Crippen molar-refractivity contribution in [1.82, 2.24) is 0 Å². The summed E-state index contributed by atoms with van der Waals surface area (Å²) in [5.74, 6) is -0.589.